The van der Waals surface area contributed by atoms with Crippen molar-refractivity contribution < 1.29 is 14.6 Å². The molecule has 0 unspecified atom stereocenters. The second-order valence-corrected chi connectivity index (χ2v) is 11.9. The summed E-state index contributed by atoms with van der Waals surface area (Å²) in [5.74, 6) is 0.574. The number of pyridine rings is 1. The number of thiophene rings is 1. The summed E-state index contributed by atoms with van der Waals surface area (Å²) in [7, 11) is 0. The summed E-state index contributed by atoms with van der Waals surface area (Å²) in [5.41, 5.74) is 3.61. The van der Waals surface area contributed by atoms with Crippen LogP contribution >= 0.6 is 11.3 Å². The molecular formula is C31H42N4O3S. The van der Waals surface area contributed by atoms with Crippen LogP contribution in [0.4, 0.5) is 0 Å². The van der Waals surface area contributed by atoms with Gasteiger partial charge in [0.1, 0.15) is 0 Å². The van der Waals surface area contributed by atoms with Crippen LogP contribution in [-0.2, 0) is 11.3 Å². The molecule has 1 saturated carbocycles. The van der Waals surface area contributed by atoms with Crippen molar-refractivity contribution in [2.75, 3.05) is 52.5 Å². The number of para-hydroxylation sites is 1. The van der Waals surface area contributed by atoms with Crippen LogP contribution in [0.5, 0.6) is 0 Å². The number of ether oxygens (including phenoxy) is 1. The van der Waals surface area contributed by atoms with Crippen molar-refractivity contribution in [2.24, 2.45) is 5.92 Å². The number of aromatic nitrogens is 1. The molecule has 1 aliphatic carbocycles. The Morgan fingerprint density at radius 2 is 1.85 bits per heavy atom. The Kier molecular flexibility index (Phi) is 9.98. The van der Waals surface area contributed by atoms with Gasteiger partial charge in [-0.3, -0.25) is 14.6 Å². The van der Waals surface area contributed by atoms with Gasteiger partial charge in [0.25, 0.3) is 5.91 Å². The molecule has 2 N–H and O–H groups in total. The minimum absolute atomic E-state index is 0.0270. The van der Waals surface area contributed by atoms with E-state index >= 15 is 0 Å². The highest BCUT2D eigenvalue weighted by Gasteiger charge is 2.28. The molecule has 0 radical (unpaired) electrons. The number of benzene rings is 1. The standard InChI is InChI=1S/C31H42N4O3S/c1-23(24-8-3-2-4-9-24)32-31(37)29-25-10-5-6-11-27(25)33-30(28-12-7-21-39-28)26(29)22-35-15-13-34(14-16-35)17-19-38-20-18-36/h5-7,10-12,21,23-24,36H,2-4,8-9,13-20,22H2,1H3,(H,32,37)/t23-/m0/s1. The number of aliphatic hydroxyl groups excluding tert-OH is 1. The zero-order valence-corrected chi connectivity index (χ0v) is 23.9. The van der Waals surface area contributed by atoms with Crippen molar-refractivity contribution in [3.63, 3.8) is 0 Å². The third-order valence-electron chi connectivity index (χ3n) is 8.32. The van der Waals surface area contributed by atoms with Gasteiger partial charge in [-0.05, 0) is 43.2 Å². The van der Waals surface area contributed by atoms with E-state index in [-0.39, 0.29) is 18.6 Å². The molecule has 1 amide bonds. The van der Waals surface area contributed by atoms with Gasteiger partial charge >= 0.3 is 0 Å². The van der Waals surface area contributed by atoms with Crippen molar-refractivity contribution in [3.8, 4) is 10.6 Å². The number of carbonyl (C=O) groups excluding carboxylic acids is 1. The largest absolute Gasteiger partial charge is 0.394 e. The molecule has 3 aromatic rings. The number of hydrogen-bond acceptors (Lipinski definition) is 7. The van der Waals surface area contributed by atoms with Crippen molar-refractivity contribution >= 4 is 28.1 Å². The summed E-state index contributed by atoms with van der Waals surface area (Å²) in [5, 5.41) is 15.4. The van der Waals surface area contributed by atoms with Crippen LogP contribution in [0, 0.1) is 5.92 Å². The maximum absolute atomic E-state index is 14.1. The Morgan fingerprint density at radius 3 is 2.59 bits per heavy atom. The molecule has 1 aromatic carbocycles. The van der Waals surface area contributed by atoms with E-state index in [0.717, 1.165) is 65.3 Å². The Morgan fingerprint density at radius 1 is 1.08 bits per heavy atom. The second kappa shape index (κ2) is 13.8. The van der Waals surface area contributed by atoms with Gasteiger partial charge in [0, 0.05) is 56.3 Å². The Bertz CT molecular complexity index is 1200. The molecule has 7 nitrogen and oxygen atoms in total. The molecule has 0 spiro atoms. The summed E-state index contributed by atoms with van der Waals surface area (Å²) >= 11 is 1.68. The molecule has 5 rings (SSSR count). The van der Waals surface area contributed by atoms with Crippen molar-refractivity contribution in [1.29, 1.82) is 0 Å². The number of rotatable bonds is 11. The zero-order valence-electron chi connectivity index (χ0n) is 23.1. The number of carbonyl (C=O) groups is 1. The Balaban J connectivity index is 1.42. The van der Waals surface area contributed by atoms with Gasteiger partial charge in [-0.25, -0.2) is 4.98 Å². The lowest BCUT2D eigenvalue weighted by atomic mass is 9.84. The van der Waals surface area contributed by atoms with Gasteiger partial charge in [0.15, 0.2) is 0 Å². The Labute approximate surface area is 236 Å². The van der Waals surface area contributed by atoms with Crippen LogP contribution in [0.3, 0.4) is 0 Å². The van der Waals surface area contributed by atoms with Crippen molar-refractivity contribution in [2.45, 2.75) is 51.6 Å². The zero-order chi connectivity index (χ0) is 27.0. The number of amides is 1. The van der Waals surface area contributed by atoms with Gasteiger partial charge in [0.05, 0.1) is 41.5 Å². The summed E-state index contributed by atoms with van der Waals surface area (Å²) in [6.45, 7) is 8.61. The summed E-state index contributed by atoms with van der Waals surface area (Å²) < 4.78 is 5.47. The van der Waals surface area contributed by atoms with Crippen molar-refractivity contribution in [1.82, 2.24) is 20.1 Å². The number of aliphatic hydroxyl groups is 1. The molecule has 1 atom stereocenters. The van der Waals surface area contributed by atoms with E-state index in [4.69, 9.17) is 14.8 Å². The summed E-state index contributed by atoms with van der Waals surface area (Å²) in [6, 6.07) is 12.4. The minimum atomic E-state index is 0.0270. The molecule has 2 aliphatic rings. The maximum atomic E-state index is 14.1. The molecular weight excluding hydrogens is 508 g/mol. The predicted molar refractivity (Wildman–Crippen MR) is 158 cm³/mol. The molecule has 1 aliphatic heterocycles. The van der Waals surface area contributed by atoms with Gasteiger partial charge in [-0.2, -0.15) is 0 Å². The molecule has 210 valence electrons. The molecule has 0 bridgehead atoms. The molecule has 1 saturated heterocycles. The highest BCUT2D eigenvalue weighted by molar-refractivity contribution is 7.13. The van der Waals surface area contributed by atoms with Gasteiger partial charge < -0.3 is 15.2 Å². The third-order valence-corrected chi connectivity index (χ3v) is 9.20. The highest BCUT2D eigenvalue weighted by Crippen LogP contribution is 2.34. The molecule has 39 heavy (non-hydrogen) atoms. The summed E-state index contributed by atoms with van der Waals surface area (Å²) in [4.78, 5) is 25.2. The fourth-order valence-electron chi connectivity index (χ4n) is 6.07. The smallest absolute Gasteiger partial charge is 0.252 e. The third kappa shape index (κ3) is 7.05. The van der Waals surface area contributed by atoms with E-state index in [1.165, 1.54) is 32.1 Å². The van der Waals surface area contributed by atoms with Crippen LogP contribution in [0.2, 0.25) is 0 Å². The second-order valence-electron chi connectivity index (χ2n) is 10.9. The van der Waals surface area contributed by atoms with Crippen LogP contribution in [0.1, 0.15) is 54.9 Å². The molecule has 3 heterocycles. The average Bonchev–Trinajstić information content (AvgIpc) is 3.51. The van der Waals surface area contributed by atoms with E-state index in [2.05, 4.69) is 45.6 Å². The maximum Gasteiger partial charge on any atom is 0.252 e. The molecule has 2 fully saturated rings. The van der Waals surface area contributed by atoms with E-state index in [1.807, 2.05) is 18.2 Å². The normalized spacial score (nSPS) is 18.4. The quantitative estimate of drug-likeness (QED) is 0.335. The van der Waals surface area contributed by atoms with Crippen LogP contribution in [-0.4, -0.2) is 84.4 Å². The first-order valence-corrected chi connectivity index (χ1v) is 15.4. The highest BCUT2D eigenvalue weighted by atomic mass is 32.1. The van der Waals surface area contributed by atoms with Crippen LogP contribution in [0.15, 0.2) is 41.8 Å². The molecule has 2 aromatic heterocycles. The van der Waals surface area contributed by atoms with E-state index < -0.39 is 0 Å². The lowest BCUT2D eigenvalue weighted by Crippen LogP contribution is -2.47. The molecule has 8 heteroatoms. The summed E-state index contributed by atoms with van der Waals surface area (Å²) in [6.07, 6.45) is 6.22. The number of hydrogen-bond donors (Lipinski definition) is 2. The number of nitrogens with one attached hydrogen (secondary N) is 1. The first-order chi connectivity index (χ1) is 19.1. The van der Waals surface area contributed by atoms with E-state index in [1.54, 1.807) is 11.3 Å². The van der Waals surface area contributed by atoms with Gasteiger partial charge in [-0.1, -0.05) is 43.5 Å². The van der Waals surface area contributed by atoms with Crippen LogP contribution < -0.4 is 5.32 Å². The lowest BCUT2D eigenvalue weighted by molar-refractivity contribution is 0.0563. The number of nitrogens with zero attached hydrogens (tertiary/aromatic N) is 3. The SMILES string of the molecule is C[C@H](NC(=O)c1c(CN2CCN(CCOCCO)CC2)c(-c2cccs2)nc2ccccc12)C1CCCCC1. The van der Waals surface area contributed by atoms with E-state index in [9.17, 15) is 4.79 Å². The topological polar surface area (TPSA) is 77.9 Å². The lowest BCUT2D eigenvalue weighted by Gasteiger charge is -2.35. The predicted octanol–water partition coefficient (Wildman–Crippen LogP) is 4.79. The number of fused-ring (bicyclic) bond motifs is 1. The monoisotopic (exact) mass is 550 g/mol. The fourth-order valence-corrected chi connectivity index (χ4v) is 6.81. The van der Waals surface area contributed by atoms with Gasteiger partial charge in [-0.15, -0.1) is 11.3 Å². The Hall–Kier alpha value is -2.36. The number of piperazine rings is 1. The fraction of sp³-hybridized carbons (Fsp3) is 0.548. The van der Waals surface area contributed by atoms with E-state index in [0.29, 0.717) is 25.7 Å². The average molecular weight is 551 g/mol. The van der Waals surface area contributed by atoms with Gasteiger partial charge in [0.2, 0.25) is 0 Å². The van der Waals surface area contributed by atoms with Crippen molar-refractivity contribution in [3.05, 3.63) is 52.9 Å². The van der Waals surface area contributed by atoms with Crippen LogP contribution in [0.25, 0.3) is 21.5 Å². The minimum Gasteiger partial charge on any atom is -0.394 e. The first kappa shape index (κ1) is 28.2. The first-order valence-electron chi connectivity index (χ1n) is 14.5.